The molecule has 0 spiro atoms. The summed E-state index contributed by atoms with van der Waals surface area (Å²) in [5.41, 5.74) is 5.79. The molecule has 1 amide bonds. The maximum Gasteiger partial charge on any atom is 0.414 e. The van der Waals surface area contributed by atoms with E-state index in [2.05, 4.69) is 104 Å². The SMILES string of the molecule is CCCC[C@H]1C(C2N(C)[C@@H](c3ccccc3)[C@H](c3ccccc3)N2C)=Cc2ccccc2N1C(=O)OC. The first-order valence-corrected chi connectivity index (χ1v) is 13.3. The smallest absolute Gasteiger partial charge is 0.414 e. The number of amides is 1. The molecular formula is C32H37N3O2. The number of carbonyl (C=O) groups is 1. The number of para-hydroxylation sites is 1. The number of ether oxygens (including phenoxy) is 1. The van der Waals surface area contributed by atoms with Gasteiger partial charge >= 0.3 is 6.09 Å². The van der Waals surface area contributed by atoms with Gasteiger partial charge in [-0.15, -0.1) is 0 Å². The third kappa shape index (κ3) is 4.58. The third-order valence-electron chi connectivity index (χ3n) is 7.95. The number of benzene rings is 3. The Labute approximate surface area is 221 Å². The highest BCUT2D eigenvalue weighted by Crippen LogP contribution is 2.49. The van der Waals surface area contributed by atoms with Crippen LogP contribution in [0.5, 0.6) is 0 Å². The van der Waals surface area contributed by atoms with Gasteiger partial charge in [-0.05, 0) is 54.9 Å². The number of hydrogen-bond acceptors (Lipinski definition) is 4. The quantitative estimate of drug-likeness (QED) is 0.373. The third-order valence-corrected chi connectivity index (χ3v) is 7.95. The normalized spacial score (nSPS) is 22.5. The van der Waals surface area contributed by atoms with Gasteiger partial charge in [-0.25, -0.2) is 4.79 Å². The molecule has 5 rings (SSSR count). The summed E-state index contributed by atoms with van der Waals surface area (Å²) in [5, 5.41) is 0. The molecule has 0 saturated carbocycles. The topological polar surface area (TPSA) is 36.0 Å². The molecule has 1 saturated heterocycles. The molecule has 192 valence electrons. The van der Waals surface area contributed by atoms with Gasteiger partial charge in [0.1, 0.15) is 0 Å². The predicted molar refractivity (Wildman–Crippen MR) is 150 cm³/mol. The van der Waals surface area contributed by atoms with Crippen molar-refractivity contribution >= 4 is 17.9 Å². The second-order valence-electron chi connectivity index (χ2n) is 10.1. The molecule has 2 aliphatic rings. The molecule has 3 aromatic rings. The number of fused-ring (bicyclic) bond motifs is 1. The predicted octanol–water partition coefficient (Wildman–Crippen LogP) is 6.90. The van der Waals surface area contributed by atoms with Crippen LogP contribution in [0.2, 0.25) is 0 Å². The van der Waals surface area contributed by atoms with Crippen LogP contribution in [0.3, 0.4) is 0 Å². The number of rotatable bonds is 6. The fourth-order valence-electron chi connectivity index (χ4n) is 6.33. The Balaban J connectivity index is 1.66. The molecule has 3 aromatic carbocycles. The van der Waals surface area contributed by atoms with Crippen LogP contribution < -0.4 is 4.90 Å². The Hall–Kier alpha value is -3.41. The summed E-state index contributed by atoms with van der Waals surface area (Å²) in [5.74, 6) is 0. The average molecular weight is 496 g/mol. The van der Waals surface area contributed by atoms with Crippen molar-refractivity contribution in [2.45, 2.75) is 50.5 Å². The van der Waals surface area contributed by atoms with E-state index in [9.17, 15) is 4.79 Å². The number of hydrogen-bond donors (Lipinski definition) is 0. The van der Waals surface area contributed by atoms with Gasteiger partial charge in [0.2, 0.25) is 0 Å². The summed E-state index contributed by atoms with van der Waals surface area (Å²) in [4.78, 5) is 20.1. The molecule has 37 heavy (non-hydrogen) atoms. The van der Waals surface area contributed by atoms with Gasteiger partial charge in [-0.1, -0.05) is 98.6 Å². The zero-order valence-corrected chi connectivity index (χ0v) is 22.2. The van der Waals surface area contributed by atoms with E-state index >= 15 is 0 Å². The largest absolute Gasteiger partial charge is 0.452 e. The van der Waals surface area contributed by atoms with E-state index < -0.39 is 0 Å². The van der Waals surface area contributed by atoms with Crippen molar-refractivity contribution in [1.82, 2.24) is 9.80 Å². The summed E-state index contributed by atoms with van der Waals surface area (Å²) >= 11 is 0. The Kier molecular flexibility index (Phi) is 7.45. The van der Waals surface area contributed by atoms with Crippen LogP contribution in [-0.4, -0.2) is 49.3 Å². The standard InChI is InChI=1S/C32H37N3O2/c1-5-6-20-28-26(22-25-19-13-14-21-27(25)35(28)32(36)37-4)31-33(2)29(23-15-9-7-10-16-23)30(34(31)3)24-17-11-8-12-18-24/h7-19,21-22,28-31H,5-6,20H2,1-4H3/t28-,29-,30-/m0/s1. The highest BCUT2D eigenvalue weighted by molar-refractivity contribution is 5.94. The molecule has 2 heterocycles. The lowest BCUT2D eigenvalue weighted by atomic mass is 9.89. The first kappa shape index (κ1) is 25.2. The maximum atomic E-state index is 13.2. The second-order valence-corrected chi connectivity index (χ2v) is 10.1. The minimum atomic E-state index is -0.304. The van der Waals surface area contributed by atoms with Crippen LogP contribution in [0.4, 0.5) is 10.5 Å². The van der Waals surface area contributed by atoms with Crippen LogP contribution in [-0.2, 0) is 4.74 Å². The Morgan fingerprint density at radius 3 is 1.89 bits per heavy atom. The Morgan fingerprint density at radius 2 is 1.35 bits per heavy atom. The Morgan fingerprint density at radius 1 is 0.811 bits per heavy atom. The number of methoxy groups -OCH3 is 1. The summed E-state index contributed by atoms with van der Waals surface area (Å²) in [6.45, 7) is 2.20. The number of carbonyl (C=O) groups excluding carboxylic acids is 1. The highest BCUT2D eigenvalue weighted by atomic mass is 16.5. The molecule has 0 N–H and O–H groups in total. The first-order chi connectivity index (χ1) is 18.1. The van der Waals surface area contributed by atoms with Crippen molar-refractivity contribution < 1.29 is 9.53 Å². The van der Waals surface area contributed by atoms with E-state index in [4.69, 9.17) is 4.74 Å². The van der Waals surface area contributed by atoms with Crippen LogP contribution in [0.25, 0.3) is 6.08 Å². The summed E-state index contributed by atoms with van der Waals surface area (Å²) in [6.07, 6.45) is 5.01. The van der Waals surface area contributed by atoms with Crippen LogP contribution in [0.1, 0.15) is 55.0 Å². The molecule has 0 bridgehead atoms. The number of anilines is 1. The van der Waals surface area contributed by atoms with Crippen molar-refractivity contribution in [3.05, 3.63) is 107 Å². The van der Waals surface area contributed by atoms with Crippen molar-refractivity contribution in [3.8, 4) is 0 Å². The fourth-order valence-corrected chi connectivity index (χ4v) is 6.33. The first-order valence-electron chi connectivity index (χ1n) is 13.3. The van der Waals surface area contributed by atoms with E-state index in [1.165, 1.54) is 23.8 Å². The van der Waals surface area contributed by atoms with Crippen LogP contribution in [0.15, 0.2) is 90.5 Å². The van der Waals surface area contributed by atoms with Crippen molar-refractivity contribution in [1.29, 1.82) is 0 Å². The molecule has 0 radical (unpaired) electrons. The van der Waals surface area contributed by atoms with Gasteiger partial charge in [-0.3, -0.25) is 14.7 Å². The molecule has 5 nitrogen and oxygen atoms in total. The van der Waals surface area contributed by atoms with Crippen molar-refractivity contribution in [2.24, 2.45) is 0 Å². The van der Waals surface area contributed by atoms with Gasteiger partial charge in [0.25, 0.3) is 0 Å². The minimum absolute atomic E-state index is 0.0118. The number of likely N-dealkylation sites (N-methyl/N-ethyl adjacent to an activating group) is 2. The molecule has 5 heteroatoms. The summed E-state index contributed by atoms with van der Waals surface area (Å²) in [6, 6.07) is 30.0. The van der Waals surface area contributed by atoms with Crippen molar-refractivity contribution in [2.75, 3.05) is 26.1 Å². The maximum absolute atomic E-state index is 13.2. The number of nitrogens with zero attached hydrogens (tertiary/aromatic N) is 3. The fraction of sp³-hybridized carbons (Fsp3) is 0.344. The average Bonchev–Trinajstić information content (AvgIpc) is 3.21. The zero-order chi connectivity index (χ0) is 25.9. The van der Waals surface area contributed by atoms with Gasteiger partial charge in [0.05, 0.1) is 37.1 Å². The summed E-state index contributed by atoms with van der Waals surface area (Å²) < 4.78 is 5.33. The Bertz CT molecular complexity index is 1190. The van der Waals surface area contributed by atoms with E-state index in [0.717, 1.165) is 30.5 Å². The lowest BCUT2D eigenvalue weighted by molar-refractivity contribution is 0.168. The summed E-state index contributed by atoms with van der Waals surface area (Å²) in [7, 11) is 5.93. The molecular weight excluding hydrogens is 458 g/mol. The van der Waals surface area contributed by atoms with E-state index in [-0.39, 0.29) is 30.4 Å². The molecule has 0 aliphatic carbocycles. The van der Waals surface area contributed by atoms with Gasteiger partial charge < -0.3 is 4.74 Å². The van der Waals surface area contributed by atoms with Gasteiger partial charge in [-0.2, -0.15) is 0 Å². The van der Waals surface area contributed by atoms with Crippen molar-refractivity contribution in [3.63, 3.8) is 0 Å². The molecule has 1 fully saturated rings. The zero-order valence-electron chi connectivity index (χ0n) is 22.2. The molecule has 0 aromatic heterocycles. The van der Waals surface area contributed by atoms with Gasteiger partial charge in [0, 0.05) is 0 Å². The van der Waals surface area contributed by atoms with E-state index in [1.54, 1.807) is 0 Å². The van der Waals surface area contributed by atoms with E-state index in [1.807, 2.05) is 23.1 Å². The van der Waals surface area contributed by atoms with Crippen LogP contribution in [0, 0.1) is 0 Å². The second kappa shape index (κ2) is 10.9. The van der Waals surface area contributed by atoms with E-state index in [0.29, 0.717) is 0 Å². The van der Waals surface area contributed by atoms with Gasteiger partial charge in [0.15, 0.2) is 0 Å². The van der Waals surface area contributed by atoms with Crippen LogP contribution >= 0.6 is 0 Å². The lowest BCUT2D eigenvalue weighted by Crippen LogP contribution is -2.50. The molecule has 2 aliphatic heterocycles. The highest BCUT2D eigenvalue weighted by Gasteiger charge is 2.49. The molecule has 0 unspecified atom stereocenters. The monoisotopic (exact) mass is 495 g/mol. The lowest BCUT2D eigenvalue weighted by Gasteiger charge is -2.42. The minimum Gasteiger partial charge on any atom is -0.452 e. The number of unbranched alkanes of at least 4 members (excludes halogenated alkanes) is 1. The molecule has 3 atom stereocenters.